The number of nitriles is 1. The molecule has 0 amide bonds. The Bertz CT molecular complexity index is 477. The van der Waals surface area contributed by atoms with Crippen molar-refractivity contribution < 1.29 is 9.53 Å². The quantitative estimate of drug-likeness (QED) is 0.607. The van der Waals surface area contributed by atoms with Gasteiger partial charge in [-0.1, -0.05) is 19.1 Å². The number of esters is 1. The van der Waals surface area contributed by atoms with Gasteiger partial charge in [0.05, 0.1) is 24.7 Å². The molecular formula is C14H16ClNO2. The Hall–Kier alpha value is -1.53. The summed E-state index contributed by atoms with van der Waals surface area (Å²) >= 11 is 5.80. The average molecular weight is 266 g/mol. The van der Waals surface area contributed by atoms with Gasteiger partial charge < -0.3 is 4.74 Å². The Balaban J connectivity index is 3.14. The summed E-state index contributed by atoms with van der Waals surface area (Å²) in [6.07, 6.45) is 0.899. The zero-order chi connectivity index (χ0) is 13.5. The van der Waals surface area contributed by atoms with Crippen LogP contribution in [0.25, 0.3) is 0 Å². The van der Waals surface area contributed by atoms with Gasteiger partial charge in [-0.15, -0.1) is 11.6 Å². The molecule has 1 aromatic carbocycles. The number of carbonyl (C=O) groups excluding carboxylic acids is 1. The van der Waals surface area contributed by atoms with Crippen molar-refractivity contribution in [3.63, 3.8) is 0 Å². The minimum absolute atomic E-state index is 0.203. The zero-order valence-corrected chi connectivity index (χ0v) is 11.4. The highest BCUT2D eigenvalue weighted by molar-refractivity contribution is 6.17. The van der Waals surface area contributed by atoms with Gasteiger partial charge in [-0.05, 0) is 30.0 Å². The van der Waals surface area contributed by atoms with Gasteiger partial charge in [0.1, 0.15) is 0 Å². The first-order valence-corrected chi connectivity index (χ1v) is 6.46. The van der Waals surface area contributed by atoms with Crippen molar-refractivity contribution in [3.8, 4) is 6.07 Å². The van der Waals surface area contributed by atoms with E-state index in [1.807, 2.05) is 13.0 Å². The number of halogens is 1. The van der Waals surface area contributed by atoms with E-state index < -0.39 is 0 Å². The second-order valence-electron chi connectivity index (χ2n) is 3.82. The molecule has 0 aliphatic rings. The number of carbonyl (C=O) groups is 1. The summed E-state index contributed by atoms with van der Waals surface area (Å²) < 4.78 is 4.93. The van der Waals surface area contributed by atoms with E-state index >= 15 is 0 Å². The second kappa shape index (κ2) is 7.03. The van der Waals surface area contributed by atoms with Crippen molar-refractivity contribution in [1.29, 1.82) is 5.26 Å². The Labute approximate surface area is 112 Å². The molecular weight excluding hydrogens is 250 g/mol. The van der Waals surface area contributed by atoms with E-state index in [-0.39, 0.29) is 12.4 Å². The van der Waals surface area contributed by atoms with Crippen LogP contribution in [0, 0.1) is 11.3 Å². The first kappa shape index (κ1) is 14.5. The predicted molar refractivity (Wildman–Crippen MR) is 70.4 cm³/mol. The molecule has 0 bridgehead atoms. The Morgan fingerprint density at radius 3 is 2.56 bits per heavy atom. The van der Waals surface area contributed by atoms with Crippen LogP contribution < -0.4 is 0 Å². The first-order valence-electron chi connectivity index (χ1n) is 5.93. The molecule has 0 N–H and O–H groups in total. The highest BCUT2D eigenvalue weighted by atomic mass is 35.5. The van der Waals surface area contributed by atoms with Gasteiger partial charge in [0.25, 0.3) is 0 Å². The van der Waals surface area contributed by atoms with E-state index in [2.05, 4.69) is 6.07 Å². The highest BCUT2D eigenvalue weighted by Gasteiger charge is 2.14. The normalized spacial score (nSPS) is 9.89. The maximum atomic E-state index is 11.5. The van der Waals surface area contributed by atoms with Gasteiger partial charge in [0, 0.05) is 5.88 Å². The van der Waals surface area contributed by atoms with Crippen molar-refractivity contribution in [2.75, 3.05) is 6.61 Å². The van der Waals surface area contributed by atoms with Gasteiger partial charge in [0.2, 0.25) is 0 Å². The lowest BCUT2D eigenvalue weighted by molar-refractivity contribution is -0.142. The van der Waals surface area contributed by atoms with Crippen LogP contribution in [0.3, 0.4) is 0 Å². The molecule has 0 aliphatic carbocycles. The van der Waals surface area contributed by atoms with Gasteiger partial charge in [-0.3, -0.25) is 4.79 Å². The Morgan fingerprint density at radius 2 is 2.06 bits per heavy atom. The topological polar surface area (TPSA) is 50.1 Å². The fourth-order valence-electron chi connectivity index (χ4n) is 1.93. The molecule has 0 aromatic heterocycles. The van der Waals surface area contributed by atoms with E-state index in [9.17, 15) is 10.1 Å². The summed E-state index contributed by atoms with van der Waals surface area (Å²) in [5.74, 6) is 0.0324. The average Bonchev–Trinajstić information content (AvgIpc) is 2.38. The van der Waals surface area contributed by atoms with Crippen molar-refractivity contribution in [2.45, 2.75) is 32.6 Å². The molecule has 18 heavy (non-hydrogen) atoms. The third kappa shape index (κ3) is 3.24. The second-order valence-corrected chi connectivity index (χ2v) is 4.09. The number of nitrogens with zero attached hydrogens (tertiary/aromatic N) is 1. The van der Waals surface area contributed by atoms with Crippen molar-refractivity contribution in [1.82, 2.24) is 0 Å². The molecule has 1 aromatic rings. The lowest BCUT2D eigenvalue weighted by Gasteiger charge is -2.12. The summed E-state index contributed by atoms with van der Waals surface area (Å²) in [6, 6.07) is 5.84. The molecule has 0 unspecified atom stereocenters. The van der Waals surface area contributed by atoms with Crippen LogP contribution in [-0.4, -0.2) is 12.6 Å². The molecule has 0 radical (unpaired) electrons. The first-order chi connectivity index (χ1) is 8.67. The monoisotopic (exact) mass is 265 g/mol. The Kier molecular flexibility index (Phi) is 5.67. The molecule has 0 fully saturated rings. The van der Waals surface area contributed by atoms with E-state index in [1.165, 1.54) is 0 Å². The Morgan fingerprint density at radius 1 is 1.39 bits per heavy atom. The predicted octanol–water partition coefficient (Wildman–Crippen LogP) is 2.97. The molecule has 0 atom stereocenters. The molecule has 0 saturated heterocycles. The van der Waals surface area contributed by atoms with E-state index in [0.29, 0.717) is 24.5 Å². The number of benzene rings is 1. The van der Waals surface area contributed by atoms with Crippen LogP contribution in [0.2, 0.25) is 0 Å². The lowest BCUT2D eigenvalue weighted by atomic mass is 9.94. The van der Waals surface area contributed by atoms with Crippen LogP contribution in [0.15, 0.2) is 12.1 Å². The number of alkyl halides is 1. The molecule has 96 valence electrons. The summed E-state index contributed by atoms with van der Waals surface area (Å²) in [4.78, 5) is 11.5. The molecule has 0 heterocycles. The third-order valence-corrected chi connectivity index (χ3v) is 3.03. The number of ether oxygens (including phenoxy) is 1. The van der Waals surface area contributed by atoms with Gasteiger partial charge in [-0.2, -0.15) is 5.26 Å². The number of hydrogen-bond acceptors (Lipinski definition) is 3. The number of rotatable bonds is 5. The fourth-order valence-corrected chi connectivity index (χ4v) is 2.15. The summed E-state index contributed by atoms with van der Waals surface area (Å²) in [7, 11) is 0. The summed E-state index contributed by atoms with van der Waals surface area (Å²) in [6.45, 7) is 4.10. The molecule has 3 nitrogen and oxygen atoms in total. The SMILES string of the molecule is CCOC(=O)Cc1ccc(CCl)c(C#N)c1CC. The minimum Gasteiger partial charge on any atom is -0.466 e. The largest absolute Gasteiger partial charge is 0.466 e. The molecule has 1 rings (SSSR count). The van der Waals surface area contributed by atoms with Crippen LogP contribution in [0.4, 0.5) is 0 Å². The van der Waals surface area contributed by atoms with Crippen LogP contribution in [-0.2, 0) is 28.3 Å². The summed E-state index contributed by atoms with van der Waals surface area (Å²) in [5, 5.41) is 9.20. The number of hydrogen-bond donors (Lipinski definition) is 0. The van der Waals surface area contributed by atoms with Crippen molar-refractivity contribution in [3.05, 3.63) is 34.4 Å². The van der Waals surface area contributed by atoms with Gasteiger partial charge >= 0.3 is 5.97 Å². The lowest BCUT2D eigenvalue weighted by Crippen LogP contribution is -2.10. The van der Waals surface area contributed by atoms with Crippen LogP contribution in [0.5, 0.6) is 0 Å². The fraction of sp³-hybridized carbons (Fsp3) is 0.429. The minimum atomic E-state index is -0.269. The van der Waals surface area contributed by atoms with Crippen LogP contribution >= 0.6 is 11.6 Å². The van der Waals surface area contributed by atoms with E-state index in [0.717, 1.165) is 16.7 Å². The molecule has 4 heteroatoms. The van der Waals surface area contributed by atoms with Crippen molar-refractivity contribution >= 4 is 17.6 Å². The van der Waals surface area contributed by atoms with Gasteiger partial charge in [0.15, 0.2) is 0 Å². The van der Waals surface area contributed by atoms with Gasteiger partial charge in [-0.25, -0.2) is 0 Å². The standard InChI is InChI=1S/C14H16ClNO2/c1-3-12-10(7-14(17)18-4-2)5-6-11(8-15)13(12)9-16/h5-6H,3-4,7-8H2,1-2H3. The summed E-state index contributed by atoms with van der Waals surface area (Å²) in [5.41, 5.74) is 3.14. The molecule has 0 spiro atoms. The maximum Gasteiger partial charge on any atom is 0.310 e. The molecule has 0 aliphatic heterocycles. The third-order valence-electron chi connectivity index (χ3n) is 2.75. The van der Waals surface area contributed by atoms with E-state index in [1.54, 1.807) is 13.0 Å². The van der Waals surface area contributed by atoms with Crippen LogP contribution in [0.1, 0.15) is 36.1 Å². The zero-order valence-electron chi connectivity index (χ0n) is 10.6. The molecule has 0 saturated carbocycles. The van der Waals surface area contributed by atoms with E-state index in [4.69, 9.17) is 16.3 Å². The highest BCUT2D eigenvalue weighted by Crippen LogP contribution is 2.22. The smallest absolute Gasteiger partial charge is 0.310 e. The maximum absolute atomic E-state index is 11.5. The van der Waals surface area contributed by atoms with Crippen molar-refractivity contribution in [2.24, 2.45) is 0 Å².